The Kier molecular flexibility index (Phi) is 4.69. The van der Waals surface area contributed by atoms with Crippen molar-refractivity contribution in [2.75, 3.05) is 5.43 Å². The SMILES string of the molecule is CCc1cc(CC)cc(NN=C(C)C(=O)O)c1. The smallest absolute Gasteiger partial charge is 0.351 e. The van der Waals surface area contributed by atoms with Crippen LogP contribution in [-0.2, 0) is 17.6 Å². The van der Waals surface area contributed by atoms with E-state index in [1.165, 1.54) is 18.1 Å². The Morgan fingerprint density at radius 2 is 1.76 bits per heavy atom. The van der Waals surface area contributed by atoms with E-state index in [9.17, 15) is 4.79 Å². The van der Waals surface area contributed by atoms with Crippen molar-refractivity contribution < 1.29 is 9.90 Å². The summed E-state index contributed by atoms with van der Waals surface area (Å²) in [7, 11) is 0. The number of hydrazone groups is 1. The number of hydrogen-bond acceptors (Lipinski definition) is 3. The summed E-state index contributed by atoms with van der Waals surface area (Å²) in [4.78, 5) is 10.6. The van der Waals surface area contributed by atoms with Gasteiger partial charge in [-0.15, -0.1) is 0 Å². The van der Waals surface area contributed by atoms with Gasteiger partial charge in [-0.05, 0) is 43.0 Å². The van der Waals surface area contributed by atoms with Crippen LogP contribution in [0.3, 0.4) is 0 Å². The van der Waals surface area contributed by atoms with Crippen molar-refractivity contribution in [2.45, 2.75) is 33.6 Å². The number of carboxylic acids is 1. The van der Waals surface area contributed by atoms with Crippen molar-refractivity contribution in [1.29, 1.82) is 0 Å². The third-order valence-electron chi connectivity index (χ3n) is 2.53. The van der Waals surface area contributed by atoms with Crippen LogP contribution in [0, 0.1) is 0 Å². The van der Waals surface area contributed by atoms with Crippen LogP contribution in [0.15, 0.2) is 23.3 Å². The summed E-state index contributed by atoms with van der Waals surface area (Å²) in [6, 6.07) is 6.12. The zero-order valence-electron chi connectivity index (χ0n) is 10.4. The van der Waals surface area contributed by atoms with Crippen LogP contribution in [-0.4, -0.2) is 16.8 Å². The molecule has 0 saturated heterocycles. The molecule has 1 aromatic rings. The third kappa shape index (κ3) is 3.90. The first-order valence-electron chi connectivity index (χ1n) is 5.73. The zero-order valence-corrected chi connectivity index (χ0v) is 10.4. The van der Waals surface area contributed by atoms with E-state index in [0.717, 1.165) is 18.5 Å². The number of carboxylic acid groups (broad SMARTS) is 1. The van der Waals surface area contributed by atoms with Gasteiger partial charge in [0.15, 0.2) is 0 Å². The monoisotopic (exact) mass is 234 g/mol. The second kappa shape index (κ2) is 6.03. The van der Waals surface area contributed by atoms with E-state index in [-0.39, 0.29) is 5.71 Å². The van der Waals surface area contributed by atoms with E-state index in [1.54, 1.807) is 0 Å². The number of hydrogen-bond donors (Lipinski definition) is 2. The summed E-state index contributed by atoms with van der Waals surface area (Å²) >= 11 is 0. The summed E-state index contributed by atoms with van der Waals surface area (Å²) in [6.07, 6.45) is 1.90. The predicted octanol–water partition coefficient (Wildman–Crippen LogP) is 2.68. The minimum absolute atomic E-state index is 0.0463. The quantitative estimate of drug-likeness (QED) is 0.608. The van der Waals surface area contributed by atoms with Gasteiger partial charge >= 0.3 is 5.97 Å². The standard InChI is InChI=1S/C13H18N2O2/c1-4-10-6-11(5-2)8-12(7-10)15-14-9(3)13(16)17/h6-8,15H,4-5H2,1-3H3,(H,16,17). The van der Waals surface area contributed by atoms with E-state index >= 15 is 0 Å². The van der Waals surface area contributed by atoms with Crippen LogP contribution in [0.5, 0.6) is 0 Å². The first-order chi connectivity index (χ1) is 8.06. The lowest BCUT2D eigenvalue weighted by Crippen LogP contribution is -2.10. The van der Waals surface area contributed by atoms with E-state index in [4.69, 9.17) is 5.11 Å². The molecule has 17 heavy (non-hydrogen) atoms. The van der Waals surface area contributed by atoms with Gasteiger partial charge in [0, 0.05) is 0 Å². The average molecular weight is 234 g/mol. The van der Waals surface area contributed by atoms with Crippen molar-refractivity contribution >= 4 is 17.4 Å². The molecular formula is C13H18N2O2. The van der Waals surface area contributed by atoms with Crippen molar-refractivity contribution in [3.63, 3.8) is 0 Å². The normalized spacial score (nSPS) is 11.4. The molecule has 2 N–H and O–H groups in total. The Morgan fingerprint density at radius 1 is 1.24 bits per heavy atom. The van der Waals surface area contributed by atoms with Gasteiger partial charge in [-0.25, -0.2) is 4.79 Å². The van der Waals surface area contributed by atoms with Gasteiger partial charge in [-0.3, -0.25) is 5.43 Å². The molecule has 1 aromatic carbocycles. The van der Waals surface area contributed by atoms with Crippen LogP contribution in [0.25, 0.3) is 0 Å². The highest BCUT2D eigenvalue weighted by atomic mass is 16.4. The molecule has 0 saturated carbocycles. The number of carbonyl (C=O) groups is 1. The summed E-state index contributed by atoms with van der Waals surface area (Å²) in [5, 5.41) is 12.5. The number of benzene rings is 1. The van der Waals surface area contributed by atoms with Crippen LogP contribution in [0.1, 0.15) is 31.9 Å². The number of aryl methyl sites for hydroxylation is 2. The molecule has 0 bridgehead atoms. The van der Waals surface area contributed by atoms with E-state index in [1.807, 2.05) is 12.1 Å². The Labute approximate surface area is 101 Å². The molecule has 4 nitrogen and oxygen atoms in total. The molecule has 0 heterocycles. The predicted molar refractivity (Wildman–Crippen MR) is 69.6 cm³/mol. The number of nitrogens with one attached hydrogen (secondary N) is 1. The second-order valence-corrected chi connectivity index (χ2v) is 3.86. The molecule has 0 spiro atoms. The van der Waals surface area contributed by atoms with Crippen LogP contribution >= 0.6 is 0 Å². The average Bonchev–Trinajstić information content (AvgIpc) is 2.35. The Morgan fingerprint density at radius 3 is 2.18 bits per heavy atom. The highest BCUT2D eigenvalue weighted by Gasteiger charge is 2.02. The van der Waals surface area contributed by atoms with Gasteiger partial charge in [0.1, 0.15) is 5.71 Å². The van der Waals surface area contributed by atoms with Gasteiger partial charge in [0.2, 0.25) is 0 Å². The topological polar surface area (TPSA) is 61.7 Å². The van der Waals surface area contributed by atoms with E-state index < -0.39 is 5.97 Å². The van der Waals surface area contributed by atoms with Gasteiger partial charge in [0.25, 0.3) is 0 Å². The number of rotatable bonds is 5. The zero-order chi connectivity index (χ0) is 12.8. The van der Waals surface area contributed by atoms with Crippen molar-refractivity contribution in [3.8, 4) is 0 Å². The molecule has 0 atom stereocenters. The fraction of sp³-hybridized carbons (Fsp3) is 0.385. The highest BCUT2D eigenvalue weighted by molar-refractivity contribution is 6.34. The lowest BCUT2D eigenvalue weighted by molar-refractivity contribution is -0.129. The van der Waals surface area contributed by atoms with Gasteiger partial charge in [0.05, 0.1) is 5.69 Å². The molecule has 0 aliphatic carbocycles. The first-order valence-corrected chi connectivity index (χ1v) is 5.73. The number of anilines is 1. The molecule has 0 aliphatic heterocycles. The maximum Gasteiger partial charge on any atom is 0.351 e. The molecule has 0 aromatic heterocycles. The molecule has 0 amide bonds. The summed E-state index contributed by atoms with van der Waals surface area (Å²) in [5.41, 5.74) is 6.10. The van der Waals surface area contributed by atoms with Crippen molar-refractivity contribution in [2.24, 2.45) is 5.10 Å². The van der Waals surface area contributed by atoms with Crippen LogP contribution in [0.4, 0.5) is 5.69 Å². The highest BCUT2D eigenvalue weighted by Crippen LogP contribution is 2.16. The lowest BCUT2D eigenvalue weighted by Gasteiger charge is -2.07. The van der Waals surface area contributed by atoms with Gasteiger partial charge in [-0.2, -0.15) is 5.10 Å². The molecule has 0 aliphatic rings. The Hall–Kier alpha value is -1.84. The fourth-order valence-corrected chi connectivity index (χ4v) is 1.43. The van der Waals surface area contributed by atoms with Crippen LogP contribution < -0.4 is 5.43 Å². The maximum absolute atomic E-state index is 10.6. The van der Waals surface area contributed by atoms with Crippen molar-refractivity contribution in [1.82, 2.24) is 0 Å². The molecular weight excluding hydrogens is 216 g/mol. The third-order valence-corrected chi connectivity index (χ3v) is 2.53. The largest absolute Gasteiger partial charge is 0.477 e. The van der Waals surface area contributed by atoms with E-state index in [0.29, 0.717) is 0 Å². The lowest BCUT2D eigenvalue weighted by atomic mass is 10.1. The summed E-state index contributed by atoms with van der Waals surface area (Å²) in [6.45, 7) is 5.63. The fourth-order valence-electron chi connectivity index (χ4n) is 1.43. The van der Waals surface area contributed by atoms with Gasteiger partial charge in [-0.1, -0.05) is 19.9 Å². The second-order valence-electron chi connectivity index (χ2n) is 3.86. The maximum atomic E-state index is 10.6. The van der Waals surface area contributed by atoms with Crippen LogP contribution in [0.2, 0.25) is 0 Å². The first kappa shape index (κ1) is 13.2. The molecule has 1 rings (SSSR count). The Bertz CT molecular complexity index is 417. The summed E-state index contributed by atoms with van der Waals surface area (Å²) in [5.74, 6) is -1.01. The minimum Gasteiger partial charge on any atom is -0.477 e. The molecule has 0 radical (unpaired) electrons. The van der Waals surface area contributed by atoms with E-state index in [2.05, 4.69) is 30.4 Å². The van der Waals surface area contributed by atoms with Gasteiger partial charge < -0.3 is 5.11 Å². The number of nitrogens with zero attached hydrogens (tertiary/aromatic N) is 1. The molecule has 0 fully saturated rings. The number of aliphatic carboxylic acids is 1. The Balaban J connectivity index is 2.90. The summed E-state index contributed by atoms with van der Waals surface area (Å²) < 4.78 is 0. The minimum atomic E-state index is -1.01. The molecule has 4 heteroatoms. The molecule has 92 valence electrons. The van der Waals surface area contributed by atoms with Crippen molar-refractivity contribution in [3.05, 3.63) is 29.3 Å². The molecule has 0 unspecified atom stereocenters.